The summed E-state index contributed by atoms with van der Waals surface area (Å²) in [6.07, 6.45) is 0.966. The van der Waals surface area contributed by atoms with Gasteiger partial charge in [-0.05, 0) is 12.1 Å². The molecule has 3 N–H and O–H groups in total. The first-order chi connectivity index (χ1) is 9.80. The number of rotatable bonds is 3. The van der Waals surface area contributed by atoms with E-state index in [9.17, 15) is 18.0 Å². The Kier molecular flexibility index (Phi) is 4.12. The van der Waals surface area contributed by atoms with E-state index in [1.165, 1.54) is 17.2 Å². The molecule has 0 radical (unpaired) electrons. The zero-order valence-electron chi connectivity index (χ0n) is 11.1. The van der Waals surface area contributed by atoms with Gasteiger partial charge in [-0.15, -0.1) is 0 Å². The van der Waals surface area contributed by atoms with Crippen molar-refractivity contribution in [3.63, 3.8) is 0 Å². The van der Waals surface area contributed by atoms with Crippen LogP contribution in [0, 0.1) is 0 Å². The third kappa shape index (κ3) is 3.48. The molecule has 114 valence electrons. The number of carbonyl (C=O) groups is 2. The van der Waals surface area contributed by atoms with Crippen molar-refractivity contribution < 1.29 is 23.1 Å². The molecule has 0 bridgehead atoms. The molecule has 0 spiro atoms. The minimum Gasteiger partial charge on any atom is -0.481 e. The SMILES string of the molecule is Nc1cccnc1C(=O)N1CCS(=O)(=O)CC1CC(=O)O. The van der Waals surface area contributed by atoms with Gasteiger partial charge in [-0.3, -0.25) is 9.59 Å². The summed E-state index contributed by atoms with van der Waals surface area (Å²) in [6, 6.07) is 2.17. The predicted molar refractivity (Wildman–Crippen MR) is 74.4 cm³/mol. The molecule has 21 heavy (non-hydrogen) atoms. The lowest BCUT2D eigenvalue weighted by Crippen LogP contribution is -2.52. The van der Waals surface area contributed by atoms with Crippen molar-refractivity contribution in [3.05, 3.63) is 24.0 Å². The normalized spacial score (nSPS) is 21.0. The maximum atomic E-state index is 12.4. The molecule has 1 unspecified atom stereocenters. The summed E-state index contributed by atoms with van der Waals surface area (Å²) < 4.78 is 23.3. The van der Waals surface area contributed by atoms with E-state index < -0.39 is 34.2 Å². The maximum absolute atomic E-state index is 12.4. The summed E-state index contributed by atoms with van der Waals surface area (Å²) in [5.41, 5.74) is 5.86. The molecular formula is C12H15N3O5S. The Bertz CT molecular complexity index is 673. The number of anilines is 1. The highest BCUT2D eigenvalue weighted by Gasteiger charge is 2.36. The van der Waals surface area contributed by atoms with E-state index >= 15 is 0 Å². The van der Waals surface area contributed by atoms with Gasteiger partial charge in [-0.1, -0.05) is 0 Å². The minimum absolute atomic E-state index is 0.00665. The summed E-state index contributed by atoms with van der Waals surface area (Å²) in [6.45, 7) is -0.0604. The Labute approximate surface area is 121 Å². The summed E-state index contributed by atoms with van der Waals surface area (Å²) >= 11 is 0. The quantitative estimate of drug-likeness (QED) is 0.760. The second-order valence-electron chi connectivity index (χ2n) is 4.81. The van der Waals surface area contributed by atoms with Crippen molar-refractivity contribution in [2.75, 3.05) is 23.8 Å². The molecule has 1 aliphatic heterocycles. The van der Waals surface area contributed by atoms with Gasteiger partial charge in [0.2, 0.25) is 0 Å². The van der Waals surface area contributed by atoms with Crippen LogP contribution in [0.1, 0.15) is 16.9 Å². The van der Waals surface area contributed by atoms with Crippen LogP contribution in [0.25, 0.3) is 0 Å². The molecule has 0 aliphatic carbocycles. The highest BCUT2D eigenvalue weighted by molar-refractivity contribution is 7.91. The van der Waals surface area contributed by atoms with E-state index in [0.717, 1.165) is 0 Å². The van der Waals surface area contributed by atoms with E-state index in [4.69, 9.17) is 10.8 Å². The Morgan fingerprint density at radius 3 is 2.81 bits per heavy atom. The van der Waals surface area contributed by atoms with E-state index in [2.05, 4.69) is 4.98 Å². The zero-order chi connectivity index (χ0) is 15.6. The van der Waals surface area contributed by atoms with Crippen LogP contribution in [0.2, 0.25) is 0 Å². The monoisotopic (exact) mass is 313 g/mol. The van der Waals surface area contributed by atoms with Gasteiger partial charge in [0, 0.05) is 12.7 Å². The molecule has 1 aromatic rings. The molecule has 0 aromatic carbocycles. The Morgan fingerprint density at radius 1 is 1.48 bits per heavy atom. The minimum atomic E-state index is -3.35. The number of hydrogen-bond acceptors (Lipinski definition) is 6. The van der Waals surface area contributed by atoms with Crippen LogP contribution >= 0.6 is 0 Å². The maximum Gasteiger partial charge on any atom is 0.305 e. The Morgan fingerprint density at radius 2 is 2.19 bits per heavy atom. The van der Waals surface area contributed by atoms with Gasteiger partial charge in [-0.25, -0.2) is 13.4 Å². The summed E-state index contributed by atoms with van der Waals surface area (Å²) in [4.78, 5) is 28.4. The molecule has 8 nitrogen and oxygen atoms in total. The van der Waals surface area contributed by atoms with Crippen molar-refractivity contribution in [1.82, 2.24) is 9.88 Å². The first kappa shape index (κ1) is 15.2. The van der Waals surface area contributed by atoms with Gasteiger partial charge in [-0.2, -0.15) is 0 Å². The molecule has 1 amide bonds. The van der Waals surface area contributed by atoms with Crippen molar-refractivity contribution in [3.8, 4) is 0 Å². The van der Waals surface area contributed by atoms with Gasteiger partial charge in [0.1, 0.15) is 0 Å². The smallest absolute Gasteiger partial charge is 0.305 e. The molecule has 0 saturated carbocycles. The van der Waals surface area contributed by atoms with E-state index in [1.54, 1.807) is 6.07 Å². The van der Waals surface area contributed by atoms with Crippen molar-refractivity contribution >= 4 is 27.4 Å². The van der Waals surface area contributed by atoms with Gasteiger partial charge < -0.3 is 15.7 Å². The molecule has 1 fully saturated rings. The fourth-order valence-corrected chi connectivity index (χ4v) is 3.78. The van der Waals surface area contributed by atoms with Crippen molar-refractivity contribution in [2.24, 2.45) is 0 Å². The molecule has 1 aliphatic rings. The zero-order valence-corrected chi connectivity index (χ0v) is 11.9. The molecule has 1 saturated heterocycles. The van der Waals surface area contributed by atoms with Crippen molar-refractivity contribution in [1.29, 1.82) is 0 Å². The number of aliphatic carboxylic acids is 1. The van der Waals surface area contributed by atoms with Crippen LogP contribution < -0.4 is 5.73 Å². The molecule has 9 heteroatoms. The number of amides is 1. The number of nitrogens with two attached hydrogens (primary N) is 1. The Balaban J connectivity index is 2.29. The van der Waals surface area contributed by atoms with Gasteiger partial charge in [0.25, 0.3) is 5.91 Å². The number of carboxylic acids is 1. The lowest BCUT2D eigenvalue weighted by molar-refractivity contribution is -0.138. The molecule has 2 rings (SSSR count). The number of carboxylic acid groups (broad SMARTS) is 1. The summed E-state index contributed by atoms with van der Waals surface area (Å²) in [7, 11) is -3.35. The fraction of sp³-hybridized carbons (Fsp3) is 0.417. The number of aromatic nitrogens is 1. The third-order valence-electron chi connectivity index (χ3n) is 3.24. The van der Waals surface area contributed by atoms with Crippen LogP contribution in [-0.4, -0.2) is 59.4 Å². The summed E-state index contributed by atoms with van der Waals surface area (Å²) in [5, 5.41) is 8.89. The first-order valence-corrected chi connectivity index (χ1v) is 8.06. The second-order valence-corrected chi connectivity index (χ2v) is 7.03. The number of hydrogen-bond donors (Lipinski definition) is 2. The van der Waals surface area contributed by atoms with Crippen molar-refractivity contribution in [2.45, 2.75) is 12.5 Å². The van der Waals surface area contributed by atoms with Crippen LogP contribution in [0.5, 0.6) is 0 Å². The Hall–Kier alpha value is -2.16. The lowest BCUT2D eigenvalue weighted by atomic mass is 10.1. The topological polar surface area (TPSA) is 131 Å². The van der Waals surface area contributed by atoms with Crippen LogP contribution in [0.3, 0.4) is 0 Å². The van der Waals surface area contributed by atoms with E-state index in [-0.39, 0.29) is 29.4 Å². The summed E-state index contributed by atoms with van der Waals surface area (Å²) in [5.74, 6) is -2.27. The lowest BCUT2D eigenvalue weighted by Gasteiger charge is -2.34. The largest absolute Gasteiger partial charge is 0.481 e. The number of pyridine rings is 1. The molecule has 2 heterocycles. The highest BCUT2D eigenvalue weighted by atomic mass is 32.2. The van der Waals surface area contributed by atoms with Gasteiger partial charge in [0.05, 0.1) is 29.7 Å². The number of nitrogens with zero attached hydrogens (tertiary/aromatic N) is 2. The number of carbonyl (C=O) groups excluding carboxylic acids is 1. The molecular weight excluding hydrogens is 298 g/mol. The molecule has 1 atom stereocenters. The van der Waals surface area contributed by atoms with Crippen LogP contribution in [0.4, 0.5) is 5.69 Å². The second kappa shape index (κ2) is 5.68. The number of nitrogen functional groups attached to an aromatic ring is 1. The predicted octanol–water partition coefficient (Wildman–Crippen LogP) is -0.622. The average molecular weight is 313 g/mol. The number of sulfone groups is 1. The van der Waals surface area contributed by atoms with E-state index in [1.807, 2.05) is 0 Å². The van der Waals surface area contributed by atoms with Crippen LogP contribution in [0.15, 0.2) is 18.3 Å². The van der Waals surface area contributed by atoms with Crippen LogP contribution in [-0.2, 0) is 14.6 Å². The van der Waals surface area contributed by atoms with Gasteiger partial charge >= 0.3 is 5.97 Å². The van der Waals surface area contributed by atoms with E-state index in [0.29, 0.717) is 0 Å². The third-order valence-corrected chi connectivity index (χ3v) is 4.94. The fourth-order valence-electron chi connectivity index (χ4n) is 2.26. The average Bonchev–Trinajstić information content (AvgIpc) is 2.37. The first-order valence-electron chi connectivity index (χ1n) is 6.24. The van der Waals surface area contributed by atoms with Gasteiger partial charge in [0.15, 0.2) is 15.5 Å². The standard InChI is InChI=1S/C12H15N3O5S/c13-9-2-1-3-14-11(9)12(18)15-4-5-21(19,20)7-8(15)6-10(16)17/h1-3,8H,4-7,13H2,(H,16,17). The highest BCUT2D eigenvalue weighted by Crippen LogP contribution is 2.19. The molecule has 1 aromatic heterocycles.